The molecule has 0 N–H and O–H groups in total. The Balaban J connectivity index is 2.14. The van der Waals surface area contributed by atoms with Crippen LogP contribution in [0.2, 0.25) is 0 Å². The Labute approximate surface area is 130 Å². The molecule has 0 radical (unpaired) electrons. The van der Waals surface area contributed by atoms with Gasteiger partial charge in [0.25, 0.3) is 0 Å². The third-order valence-electron chi connectivity index (χ3n) is 3.38. The van der Waals surface area contributed by atoms with Crippen LogP contribution in [0.5, 0.6) is 17.2 Å². The van der Waals surface area contributed by atoms with Crippen molar-refractivity contribution in [3.8, 4) is 17.2 Å². The second-order valence-electron chi connectivity index (χ2n) is 5.10. The second kappa shape index (κ2) is 6.98. The molecular formula is C18H20O4. The van der Waals surface area contributed by atoms with E-state index in [4.69, 9.17) is 14.2 Å². The predicted octanol–water partition coefficient (Wildman–Crippen LogP) is 3.47. The fourth-order valence-electron chi connectivity index (χ4n) is 2.25. The van der Waals surface area contributed by atoms with Crippen LogP contribution in [-0.2, 0) is 11.2 Å². The number of benzene rings is 2. The van der Waals surface area contributed by atoms with Crippen molar-refractivity contribution in [1.82, 2.24) is 0 Å². The van der Waals surface area contributed by atoms with Crippen molar-refractivity contribution in [3.05, 3.63) is 53.1 Å². The first-order valence-corrected chi connectivity index (χ1v) is 7.02. The van der Waals surface area contributed by atoms with Crippen LogP contribution in [0, 0.1) is 13.8 Å². The van der Waals surface area contributed by atoms with Gasteiger partial charge in [-0.3, -0.25) is 4.79 Å². The van der Waals surface area contributed by atoms with Crippen molar-refractivity contribution in [2.24, 2.45) is 0 Å². The van der Waals surface area contributed by atoms with Crippen LogP contribution in [0.3, 0.4) is 0 Å². The number of methoxy groups -OCH3 is 2. The number of carbonyl (C=O) groups is 1. The van der Waals surface area contributed by atoms with E-state index >= 15 is 0 Å². The van der Waals surface area contributed by atoms with Crippen molar-refractivity contribution in [2.75, 3.05) is 14.2 Å². The molecule has 2 rings (SSSR count). The van der Waals surface area contributed by atoms with Gasteiger partial charge in [-0.2, -0.15) is 0 Å². The number of aryl methyl sites for hydroxylation is 2. The summed E-state index contributed by atoms with van der Waals surface area (Å²) in [5.74, 6) is 1.56. The summed E-state index contributed by atoms with van der Waals surface area (Å²) in [7, 11) is 3.15. The third-order valence-corrected chi connectivity index (χ3v) is 3.38. The SMILES string of the molecule is COc1ccc(OC)c(CC(=O)Oc2ccc(C)cc2C)c1. The monoisotopic (exact) mass is 300 g/mol. The quantitative estimate of drug-likeness (QED) is 0.626. The molecule has 0 aliphatic carbocycles. The summed E-state index contributed by atoms with van der Waals surface area (Å²) in [4.78, 5) is 12.2. The summed E-state index contributed by atoms with van der Waals surface area (Å²) >= 11 is 0. The van der Waals surface area contributed by atoms with Gasteiger partial charge in [-0.1, -0.05) is 17.7 Å². The Hall–Kier alpha value is -2.49. The van der Waals surface area contributed by atoms with Crippen LogP contribution in [0.1, 0.15) is 16.7 Å². The topological polar surface area (TPSA) is 44.8 Å². The van der Waals surface area contributed by atoms with E-state index in [0.717, 1.165) is 16.7 Å². The van der Waals surface area contributed by atoms with Gasteiger partial charge in [-0.05, 0) is 43.7 Å². The molecule has 0 aliphatic rings. The fraction of sp³-hybridized carbons (Fsp3) is 0.278. The predicted molar refractivity (Wildman–Crippen MR) is 84.8 cm³/mol. The van der Waals surface area contributed by atoms with E-state index < -0.39 is 0 Å². The van der Waals surface area contributed by atoms with Crippen molar-refractivity contribution in [3.63, 3.8) is 0 Å². The average molecular weight is 300 g/mol. The van der Waals surface area contributed by atoms with E-state index in [1.807, 2.05) is 32.0 Å². The molecule has 2 aromatic carbocycles. The number of carbonyl (C=O) groups excluding carboxylic acids is 1. The van der Waals surface area contributed by atoms with E-state index in [1.54, 1.807) is 32.4 Å². The summed E-state index contributed by atoms with van der Waals surface area (Å²) in [5.41, 5.74) is 2.80. The summed E-state index contributed by atoms with van der Waals surface area (Å²) in [6.45, 7) is 3.92. The summed E-state index contributed by atoms with van der Waals surface area (Å²) in [5, 5.41) is 0. The largest absolute Gasteiger partial charge is 0.497 e. The normalized spacial score (nSPS) is 10.2. The highest BCUT2D eigenvalue weighted by Crippen LogP contribution is 2.25. The maximum Gasteiger partial charge on any atom is 0.315 e. The number of hydrogen-bond donors (Lipinski definition) is 0. The van der Waals surface area contributed by atoms with E-state index in [0.29, 0.717) is 17.2 Å². The minimum Gasteiger partial charge on any atom is -0.497 e. The molecule has 0 spiro atoms. The molecule has 0 atom stereocenters. The Morgan fingerprint density at radius 3 is 2.32 bits per heavy atom. The average Bonchev–Trinajstić information content (AvgIpc) is 2.50. The molecule has 0 aliphatic heterocycles. The van der Waals surface area contributed by atoms with Crippen molar-refractivity contribution < 1.29 is 19.0 Å². The van der Waals surface area contributed by atoms with Gasteiger partial charge >= 0.3 is 5.97 Å². The molecule has 0 saturated carbocycles. The zero-order valence-corrected chi connectivity index (χ0v) is 13.3. The van der Waals surface area contributed by atoms with E-state index in [1.165, 1.54) is 0 Å². The molecule has 0 unspecified atom stereocenters. The third kappa shape index (κ3) is 3.79. The Morgan fingerprint density at radius 2 is 1.68 bits per heavy atom. The highest BCUT2D eigenvalue weighted by atomic mass is 16.5. The standard InChI is InChI=1S/C18H20O4/c1-12-5-7-16(13(2)9-12)22-18(19)11-14-10-15(20-3)6-8-17(14)21-4/h5-10H,11H2,1-4H3. The highest BCUT2D eigenvalue weighted by molar-refractivity contribution is 5.76. The molecule has 0 amide bonds. The number of rotatable bonds is 5. The molecule has 4 nitrogen and oxygen atoms in total. The second-order valence-corrected chi connectivity index (χ2v) is 5.10. The van der Waals surface area contributed by atoms with Crippen LogP contribution < -0.4 is 14.2 Å². The maximum absolute atomic E-state index is 12.2. The van der Waals surface area contributed by atoms with Crippen molar-refractivity contribution in [1.29, 1.82) is 0 Å². The van der Waals surface area contributed by atoms with E-state index in [-0.39, 0.29) is 12.4 Å². The molecule has 0 heterocycles. The lowest BCUT2D eigenvalue weighted by Crippen LogP contribution is -2.12. The molecule has 22 heavy (non-hydrogen) atoms. The molecule has 4 heteroatoms. The van der Waals surface area contributed by atoms with Crippen molar-refractivity contribution in [2.45, 2.75) is 20.3 Å². The minimum atomic E-state index is -0.335. The Kier molecular flexibility index (Phi) is 5.04. The molecule has 0 fully saturated rings. The molecule has 0 bridgehead atoms. The summed E-state index contributed by atoms with van der Waals surface area (Å²) in [6.07, 6.45) is 0.119. The Morgan fingerprint density at radius 1 is 0.955 bits per heavy atom. The smallest absolute Gasteiger partial charge is 0.315 e. The molecular weight excluding hydrogens is 280 g/mol. The number of ether oxygens (including phenoxy) is 3. The lowest BCUT2D eigenvalue weighted by Gasteiger charge is -2.11. The van der Waals surface area contributed by atoms with Crippen LogP contribution >= 0.6 is 0 Å². The van der Waals surface area contributed by atoms with Crippen LogP contribution in [0.4, 0.5) is 0 Å². The molecule has 0 saturated heterocycles. The lowest BCUT2D eigenvalue weighted by atomic mass is 10.1. The first-order chi connectivity index (χ1) is 10.5. The zero-order valence-electron chi connectivity index (χ0n) is 13.3. The van der Waals surface area contributed by atoms with E-state index in [2.05, 4.69) is 0 Å². The van der Waals surface area contributed by atoms with Crippen LogP contribution in [0.25, 0.3) is 0 Å². The Bertz CT molecular complexity index is 677. The van der Waals surface area contributed by atoms with Gasteiger partial charge in [0.15, 0.2) is 0 Å². The molecule has 0 aromatic heterocycles. The van der Waals surface area contributed by atoms with Gasteiger partial charge in [0, 0.05) is 5.56 Å². The van der Waals surface area contributed by atoms with Gasteiger partial charge in [0.05, 0.1) is 20.6 Å². The van der Waals surface area contributed by atoms with Crippen LogP contribution in [0.15, 0.2) is 36.4 Å². The minimum absolute atomic E-state index is 0.119. The van der Waals surface area contributed by atoms with Gasteiger partial charge in [-0.25, -0.2) is 0 Å². The van der Waals surface area contributed by atoms with Gasteiger partial charge in [0.2, 0.25) is 0 Å². The van der Waals surface area contributed by atoms with Crippen molar-refractivity contribution >= 4 is 5.97 Å². The van der Waals surface area contributed by atoms with Gasteiger partial charge in [0.1, 0.15) is 17.2 Å². The van der Waals surface area contributed by atoms with E-state index in [9.17, 15) is 4.79 Å². The first-order valence-electron chi connectivity index (χ1n) is 7.02. The summed E-state index contributed by atoms with van der Waals surface area (Å²) < 4.78 is 15.9. The van der Waals surface area contributed by atoms with Gasteiger partial charge in [-0.15, -0.1) is 0 Å². The lowest BCUT2D eigenvalue weighted by molar-refractivity contribution is -0.133. The zero-order chi connectivity index (χ0) is 16.1. The fourth-order valence-corrected chi connectivity index (χ4v) is 2.25. The number of hydrogen-bond acceptors (Lipinski definition) is 4. The summed E-state index contributed by atoms with van der Waals surface area (Å²) in [6, 6.07) is 11.1. The highest BCUT2D eigenvalue weighted by Gasteiger charge is 2.13. The maximum atomic E-state index is 12.2. The number of esters is 1. The molecule has 2 aromatic rings. The van der Waals surface area contributed by atoms with Gasteiger partial charge < -0.3 is 14.2 Å². The molecule has 116 valence electrons. The van der Waals surface area contributed by atoms with Crippen LogP contribution in [-0.4, -0.2) is 20.2 Å². The first kappa shape index (κ1) is 15.9.